The summed E-state index contributed by atoms with van der Waals surface area (Å²) in [5, 5.41) is 3.38. The van der Waals surface area contributed by atoms with E-state index < -0.39 is 0 Å². The summed E-state index contributed by atoms with van der Waals surface area (Å²) in [5.41, 5.74) is 5.00. The second-order valence-electron chi connectivity index (χ2n) is 4.73. The summed E-state index contributed by atoms with van der Waals surface area (Å²) in [4.78, 5) is 4.48. The molecule has 2 heteroatoms. The van der Waals surface area contributed by atoms with Gasteiger partial charge >= 0.3 is 0 Å². The molecule has 0 amide bonds. The Bertz CT molecular complexity index is 503. The highest BCUT2D eigenvalue weighted by Crippen LogP contribution is 2.20. The molecule has 0 bridgehead atoms. The molecule has 0 saturated heterocycles. The molecule has 1 N–H and O–H groups in total. The van der Waals surface area contributed by atoms with Gasteiger partial charge in [0.15, 0.2) is 0 Å². The Labute approximate surface area is 109 Å². The number of nitrogens with zero attached hydrogens (tertiary/aromatic N) is 1. The molecule has 0 radical (unpaired) electrons. The number of hydrogen-bond acceptors (Lipinski definition) is 2. The fraction of sp³-hybridized carbons (Fsp3) is 0.312. The monoisotopic (exact) mass is 240 g/mol. The van der Waals surface area contributed by atoms with Crippen molar-refractivity contribution in [2.24, 2.45) is 0 Å². The summed E-state index contributed by atoms with van der Waals surface area (Å²) in [6.07, 6.45) is 2.85. The Morgan fingerprint density at radius 2 is 1.89 bits per heavy atom. The first-order valence-electron chi connectivity index (χ1n) is 6.35. The quantitative estimate of drug-likeness (QED) is 0.887. The van der Waals surface area contributed by atoms with E-state index >= 15 is 0 Å². The molecule has 0 spiro atoms. The molecule has 1 heterocycles. The van der Waals surface area contributed by atoms with Crippen molar-refractivity contribution in [3.63, 3.8) is 0 Å². The molecule has 1 aromatic heterocycles. The number of aryl methyl sites for hydroxylation is 2. The summed E-state index contributed by atoms with van der Waals surface area (Å²) in [5.74, 6) is 0. The third-order valence-corrected chi connectivity index (χ3v) is 3.30. The van der Waals surface area contributed by atoms with Gasteiger partial charge in [0.2, 0.25) is 0 Å². The molecule has 2 aromatic rings. The minimum absolute atomic E-state index is 0.321. The molecule has 1 aromatic carbocycles. The van der Waals surface area contributed by atoms with Crippen molar-refractivity contribution in [2.75, 3.05) is 7.05 Å². The summed E-state index contributed by atoms with van der Waals surface area (Å²) < 4.78 is 0. The van der Waals surface area contributed by atoms with E-state index in [1.165, 1.54) is 16.7 Å². The number of nitrogens with one attached hydrogen (secondary N) is 1. The number of hydrogen-bond donors (Lipinski definition) is 1. The minimum atomic E-state index is 0.321. The van der Waals surface area contributed by atoms with E-state index in [1.54, 1.807) is 0 Å². The highest BCUT2D eigenvalue weighted by Gasteiger charge is 2.12. The fourth-order valence-corrected chi connectivity index (χ4v) is 2.17. The summed E-state index contributed by atoms with van der Waals surface area (Å²) >= 11 is 0. The van der Waals surface area contributed by atoms with Crippen molar-refractivity contribution in [3.8, 4) is 0 Å². The van der Waals surface area contributed by atoms with Gasteiger partial charge in [-0.15, -0.1) is 0 Å². The van der Waals surface area contributed by atoms with Gasteiger partial charge in [0.25, 0.3) is 0 Å². The van der Waals surface area contributed by atoms with E-state index in [0.717, 1.165) is 12.1 Å². The molecule has 2 rings (SSSR count). The smallest absolute Gasteiger partial charge is 0.0422 e. The lowest BCUT2D eigenvalue weighted by molar-refractivity contribution is 0.581. The topological polar surface area (TPSA) is 24.9 Å². The molecule has 0 fully saturated rings. The predicted molar refractivity (Wildman–Crippen MR) is 75.7 cm³/mol. The number of likely N-dealkylation sites (N-methyl/N-ethyl adjacent to an activating group) is 1. The van der Waals surface area contributed by atoms with Crippen LogP contribution in [0.1, 0.15) is 28.4 Å². The molecular formula is C16H20N2. The molecule has 2 nitrogen and oxygen atoms in total. The zero-order valence-corrected chi connectivity index (χ0v) is 11.3. The second kappa shape index (κ2) is 5.78. The normalized spacial score (nSPS) is 12.4. The van der Waals surface area contributed by atoms with Crippen LogP contribution in [0.4, 0.5) is 0 Å². The van der Waals surface area contributed by atoms with Crippen LogP contribution < -0.4 is 5.32 Å². The average Bonchev–Trinajstić information content (AvgIpc) is 2.39. The van der Waals surface area contributed by atoms with Crippen LogP contribution in [-0.2, 0) is 6.42 Å². The van der Waals surface area contributed by atoms with E-state index in [0.29, 0.717) is 6.04 Å². The zero-order valence-electron chi connectivity index (χ0n) is 11.3. The van der Waals surface area contributed by atoms with E-state index in [9.17, 15) is 0 Å². The van der Waals surface area contributed by atoms with Gasteiger partial charge in [-0.2, -0.15) is 0 Å². The van der Waals surface area contributed by atoms with E-state index in [4.69, 9.17) is 0 Å². The van der Waals surface area contributed by atoms with E-state index in [-0.39, 0.29) is 0 Å². The first kappa shape index (κ1) is 12.8. The van der Waals surface area contributed by atoms with Crippen molar-refractivity contribution in [2.45, 2.75) is 26.3 Å². The third kappa shape index (κ3) is 2.96. The number of rotatable bonds is 4. The van der Waals surface area contributed by atoms with Gasteiger partial charge in [-0.05, 0) is 43.7 Å². The predicted octanol–water partition coefficient (Wildman–Crippen LogP) is 3.20. The van der Waals surface area contributed by atoms with Crippen LogP contribution in [0.15, 0.2) is 42.6 Å². The van der Waals surface area contributed by atoms with Gasteiger partial charge in [0.1, 0.15) is 0 Å². The number of pyridine rings is 1. The van der Waals surface area contributed by atoms with Gasteiger partial charge in [0.05, 0.1) is 0 Å². The van der Waals surface area contributed by atoms with Crippen LogP contribution in [0.3, 0.4) is 0 Å². The SMILES string of the molecule is CNC(Cc1ccc(C)cn1)c1ccccc1C. The van der Waals surface area contributed by atoms with Gasteiger partial charge in [-0.25, -0.2) is 0 Å². The Hall–Kier alpha value is -1.67. The van der Waals surface area contributed by atoms with Gasteiger partial charge in [0, 0.05) is 24.4 Å². The standard InChI is InChI=1S/C16H20N2/c1-12-8-9-14(18-11-12)10-16(17-3)15-7-5-4-6-13(15)2/h4-9,11,16-17H,10H2,1-3H3. The molecule has 0 aliphatic rings. The Morgan fingerprint density at radius 1 is 1.11 bits per heavy atom. The molecule has 94 valence electrons. The molecule has 1 atom stereocenters. The number of benzene rings is 1. The highest BCUT2D eigenvalue weighted by molar-refractivity contribution is 5.30. The van der Waals surface area contributed by atoms with Crippen LogP contribution in [0, 0.1) is 13.8 Å². The second-order valence-corrected chi connectivity index (χ2v) is 4.73. The minimum Gasteiger partial charge on any atom is -0.313 e. The number of aromatic nitrogens is 1. The summed E-state index contributed by atoms with van der Waals surface area (Å²) in [6, 6.07) is 13.1. The molecule has 18 heavy (non-hydrogen) atoms. The molecule has 0 aliphatic carbocycles. The van der Waals surface area contributed by atoms with Crippen molar-refractivity contribution >= 4 is 0 Å². The maximum absolute atomic E-state index is 4.48. The third-order valence-electron chi connectivity index (χ3n) is 3.30. The molecule has 0 saturated carbocycles. The van der Waals surface area contributed by atoms with Crippen LogP contribution in [-0.4, -0.2) is 12.0 Å². The average molecular weight is 240 g/mol. The maximum atomic E-state index is 4.48. The van der Waals surface area contributed by atoms with E-state index in [1.807, 2.05) is 13.2 Å². The summed E-state index contributed by atoms with van der Waals surface area (Å²) in [7, 11) is 2.01. The first-order chi connectivity index (χ1) is 8.70. The van der Waals surface area contributed by atoms with Crippen molar-refractivity contribution in [1.29, 1.82) is 0 Å². The largest absolute Gasteiger partial charge is 0.313 e. The maximum Gasteiger partial charge on any atom is 0.0422 e. The zero-order chi connectivity index (χ0) is 13.0. The van der Waals surface area contributed by atoms with Crippen molar-refractivity contribution < 1.29 is 0 Å². The Morgan fingerprint density at radius 3 is 2.50 bits per heavy atom. The molecular weight excluding hydrogens is 220 g/mol. The van der Waals surface area contributed by atoms with E-state index in [2.05, 4.69) is 60.5 Å². The molecule has 1 unspecified atom stereocenters. The summed E-state index contributed by atoms with van der Waals surface area (Å²) in [6.45, 7) is 4.22. The van der Waals surface area contributed by atoms with Crippen LogP contribution in [0.25, 0.3) is 0 Å². The Kier molecular flexibility index (Phi) is 4.11. The van der Waals surface area contributed by atoms with Gasteiger partial charge < -0.3 is 5.32 Å². The fourth-order valence-electron chi connectivity index (χ4n) is 2.17. The lowest BCUT2D eigenvalue weighted by Gasteiger charge is -2.18. The van der Waals surface area contributed by atoms with Gasteiger partial charge in [-0.1, -0.05) is 30.3 Å². The first-order valence-corrected chi connectivity index (χ1v) is 6.35. The molecule has 0 aliphatic heterocycles. The van der Waals surface area contributed by atoms with Crippen LogP contribution >= 0.6 is 0 Å². The lowest BCUT2D eigenvalue weighted by Crippen LogP contribution is -2.20. The van der Waals surface area contributed by atoms with Gasteiger partial charge in [-0.3, -0.25) is 4.98 Å². The highest BCUT2D eigenvalue weighted by atomic mass is 14.9. The van der Waals surface area contributed by atoms with Crippen LogP contribution in [0.5, 0.6) is 0 Å². The van der Waals surface area contributed by atoms with Crippen molar-refractivity contribution in [3.05, 3.63) is 65.0 Å². The Balaban J connectivity index is 2.20. The van der Waals surface area contributed by atoms with Crippen LogP contribution in [0.2, 0.25) is 0 Å². The van der Waals surface area contributed by atoms with Crippen molar-refractivity contribution in [1.82, 2.24) is 10.3 Å². The lowest BCUT2D eigenvalue weighted by atomic mass is 9.97.